The first-order valence-corrected chi connectivity index (χ1v) is 10.4. The maximum atomic E-state index is 10.8. The van der Waals surface area contributed by atoms with Crippen LogP contribution in [-0.4, -0.2) is 16.1 Å². The molecule has 0 bridgehead atoms. The smallest absolute Gasteiger partial charge is 0.464 e. The monoisotopic (exact) mass is 358 g/mol. The lowest BCUT2D eigenvalue weighted by Crippen LogP contribution is -2.15. The molecule has 2 N–H and O–H groups in total. The van der Waals surface area contributed by atoms with E-state index in [9.17, 15) is 4.57 Å². The molecule has 0 radical (unpaired) electrons. The molecule has 6 heteroatoms. The zero-order valence-electron chi connectivity index (χ0n) is 14.8. The summed E-state index contributed by atoms with van der Waals surface area (Å²) in [6, 6.07) is 7.58. The van der Waals surface area contributed by atoms with E-state index in [1.807, 2.05) is 18.2 Å². The van der Waals surface area contributed by atoms with Gasteiger partial charge in [0.1, 0.15) is 5.75 Å². The van der Waals surface area contributed by atoms with Gasteiger partial charge >= 0.3 is 7.82 Å². The topological polar surface area (TPSA) is 76.0 Å². The molecule has 1 rings (SSSR count). The van der Waals surface area contributed by atoms with Crippen LogP contribution < -0.4 is 4.74 Å². The number of unbranched alkanes of at least 4 members (excludes halogenated alkanes) is 7. The number of phosphoric acid groups is 1. The summed E-state index contributed by atoms with van der Waals surface area (Å²) in [5, 5.41) is 0. The number of benzene rings is 1. The summed E-state index contributed by atoms with van der Waals surface area (Å²) in [4.78, 5) is 17.6. The van der Waals surface area contributed by atoms with Gasteiger partial charge in [-0.3, -0.25) is 0 Å². The first-order chi connectivity index (χ1) is 11.4. The highest BCUT2D eigenvalue weighted by Gasteiger charge is 2.20. The Bertz CT molecular complexity index is 500. The molecule has 1 unspecified atom stereocenters. The Hall–Kier alpha value is -0.870. The fraction of sp³-hybridized carbons (Fsp3) is 0.667. The third-order valence-corrected chi connectivity index (χ3v) is 4.42. The molecule has 0 fully saturated rings. The summed E-state index contributed by atoms with van der Waals surface area (Å²) in [6.45, 7) is 3.71. The van der Waals surface area contributed by atoms with E-state index in [-0.39, 0.29) is 0 Å². The minimum Gasteiger partial charge on any atom is -0.464 e. The summed E-state index contributed by atoms with van der Waals surface area (Å²) in [5.41, 5.74) is 1.05. The van der Waals surface area contributed by atoms with Crippen molar-refractivity contribution in [3.8, 4) is 5.75 Å². The van der Waals surface area contributed by atoms with Crippen LogP contribution in [0.2, 0.25) is 0 Å². The molecule has 0 aliphatic heterocycles. The lowest BCUT2D eigenvalue weighted by Gasteiger charge is -2.18. The van der Waals surface area contributed by atoms with Gasteiger partial charge in [0.15, 0.2) is 0 Å². The Morgan fingerprint density at radius 3 is 2.21 bits per heavy atom. The summed E-state index contributed by atoms with van der Waals surface area (Å²) in [6.07, 6.45) is 10.0. The van der Waals surface area contributed by atoms with E-state index in [0.29, 0.717) is 5.75 Å². The van der Waals surface area contributed by atoms with E-state index in [1.54, 1.807) is 6.07 Å². The van der Waals surface area contributed by atoms with E-state index in [1.165, 1.54) is 51.9 Å². The summed E-state index contributed by atoms with van der Waals surface area (Å²) in [5.74, 6) is 0.626. The van der Waals surface area contributed by atoms with Crippen molar-refractivity contribution >= 4 is 7.82 Å². The molecule has 5 nitrogen and oxygen atoms in total. The van der Waals surface area contributed by atoms with E-state index < -0.39 is 14.1 Å². The van der Waals surface area contributed by atoms with E-state index in [0.717, 1.165) is 18.4 Å². The van der Waals surface area contributed by atoms with Crippen LogP contribution in [0.25, 0.3) is 0 Å². The van der Waals surface area contributed by atoms with Crippen LogP contribution in [-0.2, 0) is 15.5 Å². The fourth-order valence-electron chi connectivity index (χ4n) is 2.67. The van der Waals surface area contributed by atoms with Crippen LogP contribution in [0, 0.1) is 0 Å². The predicted molar refractivity (Wildman–Crippen MR) is 96.0 cm³/mol. The molecule has 0 aliphatic carbocycles. The second-order valence-electron chi connectivity index (χ2n) is 6.11. The van der Waals surface area contributed by atoms with Gasteiger partial charge in [0.2, 0.25) is 6.29 Å². The van der Waals surface area contributed by atoms with Gasteiger partial charge in [0, 0.05) is 0 Å². The number of phosphoric ester groups is 1. The highest BCUT2D eigenvalue weighted by atomic mass is 31.2. The van der Waals surface area contributed by atoms with Crippen LogP contribution >= 0.6 is 7.82 Å². The lowest BCUT2D eigenvalue weighted by atomic mass is 10.0. The Labute approximate surface area is 145 Å². The van der Waals surface area contributed by atoms with Gasteiger partial charge in [-0.15, -0.1) is 0 Å². The summed E-state index contributed by atoms with van der Waals surface area (Å²) < 4.78 is 20.9. The van der Waals surface area contributed by atoms with Gasteiger partial charge in [-0.1, -0.05) is 70.1 Å². The molecule has 0 aromatic heterocycles. The first-order valence-electron chi connectivity index (χ1n) is 8.91. The van der Waals surface area contributed by atoms with Gasteiger partial charge in [0.25, 0.3) is 0 Å². The Morgan fingerprint density at radius 1 is 1.00 bits per heavy atom. The van der Waals surface area contributed by atoms with Gasteiger partial charge in [0.05, 0.1) is 0 Å². The molecule has 138 valence electrons. The number of rotatable bonds is 13. The first kappa shape index (κ1) is 21.2. The van der Waals surface area contributed by atoms with Crippen molar-refractivity contribution in [3.63, 3.8) is 0 Å². The van der Waals surface area contributed by atoms with Gasteiger partial charge < -0.3 is 14.5 Å². The molecular weight excluding hydrogens is 327 g/mol. The lowest BCUT2D eigenvalue weighted by molar-refractivity contribution is -0.00148. The second kappa shape index (κ2) is 11.6. The van der Waals surface area contributed by atoms with Crippen LogP contribution in [0.1, 0.15) is 70.8 Å². The Morgan fingerprint density at radius 2 is 1.58 bits per heavy atom. The van der Waals surface area contributed by atoms with Crippen molar-refractivity contribution < 1.29 is 23.6 Å². The molecule has 1 aromatic rings. The quantitative estimate of drug-likeness (QED) is 0.288. The fourth-order valence-corrected chi connectivity index (χ4v) is 3.10. The van der Waals surface area contributed by atoms with Gasteiger partial charge in [-0.25, -0.2) is 9.09 Å². The number of ether oxygens (including phenoxy) is 1. The van der Waals surface area contributed by atoms with E-state index >= 15 is 0 Å². The average Bonchev–Trinajstić information content (AvgIpc) is 2.49. The van der Waals surface area contributed by atoms with Crippen molar-refractivity contribution in [2.75, 3.05) is 0 Å². The number of aryl methyl sites for hydroxylation is 1. The van der Waals surface area contributed by atoms with Crippen molar-refractivity contribution in [2.45, 2.75) is 77.9 Å². The van der Waals surface area contributed by atoms with Crippen LogP contribution in [0.3, 0.4) is 0 Å². The minimum absolute atomic E-state index is 0.626. The molecule has 0 saturated carbocycles. The zero-order valence-corrected chi connectivity index (χ0v) is 15.7. The number of hydrogen-bond donors (Lipinski definition) is 2. The number of hydrogen-bond acceptors (Lipinski definition) is 3. The number of para-hydroxylation sites is 1. The van der Waals surface area contributed by atoms with Crippen LogP contribution in [0.15, 0.2) is 24.3 Å². The Kier molecular flexibility index (Phi) is 10.3. The third-order valence-electron chi connectivity index (χ3n) is 3.85. The third kappa shape index (κ3) is 10.1. The second-order valence-corrected chi connectivity index (χ2v) is 7.31. The van der Waals surface area contributed by atoms with Crippen molar-refractivity contribution in [1.29, 1.82) is 0 Å². The van der Waals surface area contributed by atoms with Gasteiger partial charge in [-0.2, -0.15) is 0 Å². The molecule has 0 saturated heterocycles. The normalized spacial score (nSPS) is 13.0. The summed E-state index contributed by atoms with van der Waals surface area (Å²) in [7, 11) is -4.54. The van der Waals surface area contributed by atoms with Gasteiger partial charge in [-0.05, 0) is 31.4 Å². The average molecular weight is 358 g/mol. The van der Waals surface area contributed by atoms with Crippen LogP contribution in [0.5, 0.6) is 5.75 Å². The van der Waals surface area contributed by atoms with Crippen molar-refractivity contribution in [1.82, 2.24) is 0 Å². The summed E-state index contributed by atoms with van der Waals surface area (Å²) >= 11 is 0. The highest BCUT2D eigenvalue weighted by molar-refractivity contribution is 7.46. The standard InChI is InChI=1S/C18H31O5P/c1-3-4-5-6-7-8-9-10-13-17-14-11-12-15-18(17)22-16(2)23-24(19,20)21/h11-12,14-16H,3-10,13H2,1-2H3,(H2,19,20,21). The maximum absolute atomic E-state index is 10.8. The zero-order chi connectivity index (χ0) is 17.8. The molecule has 0 heterocycles. The van der Waals surface area contributed by atoms with E-state index in [2.05, 4.69) is 11.4 Å². The molecule has 1 atom stereocenters. The van der Waals surface area contributed by atoms with Crippen molar-refractivity contribution in [3.05, 3.63) is 29.8 Å². The molecule has 24 heavy (non-hydrogen) atoms. The molecule has 0 spiro atoms. The molecular formula is C18H31O5P. The molecule has 1 aromatic carbocycles. The molecule has 0 amide bonds. The molecule has 0 aliphatic rings. The largest absolute Gasteiger partial charge is 0.472 e. The Balaban J connectivity index is 2.34. The SMILES string of the molecule is CCCCCCCCCCc1ccccc1OC(C)OP(=O)(O)O. The minimum atomic E-state index is -4.54. The predicted octanol–water partition coefficient (Wildman–Crippen LogP) is 5.20. The van der Waals surface area contributed by atoms with Crippen LogP contribution in [0.4, 0.5) is 0 Å². The van der Waals surface area contributed by atoms with E-state index in [4.69, 9.17) is 14.5 Å². The highest BCUT2D eigenvalue weighted by Crippen LogP contribution is 2.38. The maximum Gasteiger partial charge on any atom is 0.472 e. The van der Waals surface area contributed by atoms with Crippen molar-refractivity contribution in [2.24, 2.45) is 0 Å².